The molecule has 0 aliphatic carbocycles. The molecule has 0 saturated carbocycles. The van der Waals surface area contributed by atoms with Crippen LogP contribution in [-0.2, 0) is 68.2 Å². The minimum atomic E-state index is -2.15. The van der Waals surface area contributed by atoms with Gasteiger partial charge in [-0.2, -0.15) is 0 Å². The molecule has 30 atom stereocenters. The van der Waals surface area contributed by atoms with Gasteiger partial charge >= 0.3 is 0 Å². The van der Waals surface area contributed by atoms with Crippen LogP contribution >= 0.6 is 0 Å². The van der Waals surface area contributed by atoms with Gasteiger partial charge in [0, 0.05) is 0 Å². The zero-order valence-corrected chi connectivity index (χ0v) is 37.8. The molecule has 22 fully saturated rings. The van der Waals surface area contributed by atoms with Gasteiger partial charge in [-0.15, -0.1) is 0 Å². The molecule has 0 unspecified atom stereocenters. The predicted molar refractivity (Wildman–Crippen MR) is 217 cm³/mol. The van der Waals surface area contributed by atoms with E-state index >= 15 is 0 Å². The molecule has 12 bridgehead atoms. The van der Waals surface area contributed by atoms with Crippen molar-refractivity contribution in [3.63, 3.8) is 0 Å². The van der Waals surface area contributed by atoms with Crippen molar-refractivity contribution >= 4 is 0 Å². The lowest BCUT2D eigenvalue weighted by Crippen LogP contribution is -2.69. The number of aliphatic hydroxyl groups excluding tert-OH is 17. The van der Waals surface area contributed by atoms with E-state index in [4.69, 9.17) is 66.0 Å². The molecule has 31 nitrogen and oxygen atoms in total. The Labute approximate surface area is 407 Å². The predicted octanol–water partition coefficient (Wildman–Crippen LogP) is -11.2. The summed E-state index contributed by atoms with van der Waals surface area (Å²) in [5.41, 5.74) is 0. The summed E-state index contributed by atoms with van der Waals surface area (Å²) in [6, 6.07) is 3.03. The number of aliphatic hydroxyl groups is 17. The highest BCUT2D eigenvalue weighted by molar-refractivity contribution is 5.02. The van der Waals surface area contributed by atoms with Crippen molar-refractivity contribution in [1.82, 2.24) is 0 Å². The molecular formula is C41H64O31. The Hall–Kier alpha value is -1.92. The monoisotopic (exact) mass is 1050 g/mol. The number of hydrogen-bond donors (Lipinski definition) is 17. The summed E-state index contributed by atoms with van der Waals surface area (Å²) in [4.78, 5) is 0. The first-order valence-electron chi connectivity index (χ1n) is 23.1. The number of ether oxygens (including phenoxy) is 13. The standard InChI is InChI=1S/C41H64O31/c42-4-12-29-18(48)23(53)36(61-12)68-30-13(5-43)63-38(25(55)20(30)50)70-32-15(7-45)65-40(27(57)22(32)52)72-34-17(9-47)66-41(28(58)35(34)60-10-11-2-1-3-59-11)71-33-16(8-46)64-39(26(56)21(33)51)69-31-14(6-44)62-37(67-29)24(54)19(31)49/h1-3,12-58H,4-10H2/t12-,13-,14-,15-,16-,17-,18-,19-,20-,21-,22-,23-,24-,25-,26-,27-,28-,29-,30-,31-,32-,33-,34+,35-,36-,37-,38-,39-,40-,41-/m1/s1. The van der Waals surface area contributed by atoms with Crippen LogP contribution in [0.25, 0.3) is 0 Å². The lowest BCUT2D eigenvalue weighted by Gasteiger charge is -2.51. The molecule has 1 aromatic rings. The van der Waals surface area contributed by atoms with Crippen LogP contribution in [0, 0.1) is 0 Å². The highest BCUT2D eigenvalue weighted by Gasteiger charge is 2.59. The van der Waals surface area contributed by atoms with Gasteiger partial charge in [0.15, 0.2) is 37.7 Å². The van der Waals surface area contributed by atoms with Gasteiger partial charge in [-0.05, 0) is 12.1 Å². The van der Waals surface area contributed by atoms with Crippen LogP contribution in [0.3, 0.4) is 0 Å². The fraction of sp³-hybridized carbons (Fsp3) is 0.902. The molecule has 23 heterocycles. The van der Waals surface area contributed by atoms with Crippen LogP contribution in [0.5, 0.6) is 0 Å². The van der Waals surface area contributed by atoms with Crippen LogP contribution < -0.4 is 0 Å². The topological polar surface area (TPSA) is 477 Å². The minimum absolute atomic E-state index is 0.210. The first kappa shape index (κ1) is 56.3. The zero-order valence-electron chi connectivity index (χ0n) is 37.8. The van der Waals surface area contributed by atoms with Gasteiger partial charge in [-0.3, -0.25) is 0 Å². The highest BCUT2D eigenvalue weighted by atomic mass is 16.8. The molecule has 1 aromatic heterocycles. The average molecular weight is 1050 g/mol. The van der Waals surface area contributed by atoms with E-state index in [9.17, 15) is 86.8 Å². The van der Waals surface area contributed by atoms with Gasteiger partial charge < -0.3 is 153 Å². The van der Waals surface area contributed by atoms with Crippen molar-refractivity contribution in [2.45, 2.75) is 191 Å². The fourth-order valence-electron chi connectivity index (χ4n) is 9.68. The molecule has 0 aromatic carbocycles. The molecule has 72 heavy (non-hydrogen) atoms. The summed E-state index contributed by atoms with van der Waals surface area (Å²) in [5, 5.41) is 188. The van der Waals surface area contributed by atoms with Gasteiger partial charge in [-0.1, -0.05) is 0 Å². The summed E-state index contributed by atoms with van der Waals surface area (Å²) in [7, 11) is 0. The maximum Gasteiger partial charge on any atom is 0.187 e. The molecular weight excluding hydrogens is 988 g/mol. The second-order valence-corrected chi connectivity index (χ2v) is 18.2. The third-order valence-corrected chi connectivity index (χ3v) is 13.6. The van der Waals surface area contributed by atoms with E-state index in [1.807, 2.05) is 0 Å². The van der Waals surface area contributed by atoms with Gasteiger partial charge in [-0.25, -0.2) is 0 Å². The fourth-order valence-corrected chi connectivity index (χ4v) is 9.68. The zero-order chi connectivity index (χ0) is 51.9. The summed E-state index contributed by atoms with van der Waals surface area (Å²) in [6.07, 6.45) is -56.3. The van der Waals surface area contributed by atoms with Gasteiger partial charge in [0.25, 0.3) is 0 Å². The first-order chi connectivity index (χ1) is 34.5. The van der Waals surface area contributed by atoms with E-state index in [1.54, 1.807) is 0 Å². The molecule has 23 rings (SSSR count). The van der Waals surface area contributed by atoms with Crippen LogP contribution in [0.15, 0.2) is 22.8 Å². The van der Waals surface area contributed by atoms with Crippen molar-refractivity contribution in [2.75, 3.05) is 39.6 Å². The van der Waals surface area contributed by atoms with Gasteiger partial charge in [0.05, 0.1) is 45.9 Å². The van der Waals surface area contributed by atoms with Crippen LogP contribution in [0.2, 0.25) is 0 Å². The van der Waals surface area contributed by atoms with Crippen molar-refractivity contribution < 1.29 is 153 Å². The van der Waals surface area contributed by atoms with Gasteiger partial charge in [0.1, 0.15) is 159 Å². The summed E-state index contributed by atoms with van der Waals surface area (Å²) >= 11 is 0. The molecule has 0 radical (unpaired) electrons. The quantitative estimate of drug-likeness (QED) is 0.109. The van der Waals surface area contributed by atoms with E-state index in [0.717, 1.165) is 0 Å². The molecule has 22 aliphatic rings. The SMILES string of the molecule is OC[C@H]1O[C@@H]2O[C@H]3[C@H](O)[C@@H](O)[C@@H](O[C@H]4[C@H](O)[C@@H](O)[C@@H](O[C@H]5[C@H](O)[C@@H](O)[C@@H](O[C@H]6[C@H](O)[C@@H](O)[C@@H](O[C@H]7[C@H](O)[C@@H](O)[C@@H](O[C@@H]1[C@H](OCc1ccco1)[C@H]2O)O[C@@H]7CO)O[C@@H]6CO)O[C@@H]5CO)O[C@@H]4CO)O[C@@H]3CO. The highest BCUT2D eigenvalue weighted by Crippen LogP contribution is 2.38. The van der Waals surface area contributed by atoms with Crippen molar-refractivity contribution in [3.8, 4) is 0 Å². The Kier molecular flexibility index (Phi) is 18.9. The van der Waals surface area contributed by atoms with Crippen LogP contribution in [0.1, 0.15) is 5.76 Å². The van der Waals surface area contributed by atoms with E-state index in [1.165, 1.54) is 18.4 Å². The Morgan fingerprint density at radius 3 is 0.819 bits per heavy atom. The Morgan fingerprint density at radius 2 is 0.569 bits per heavy atom. The molecule has 414 valence electrons. The van der Waals surface area contributed by atoms with E-state index < -0.39 is 224 Å². The third kappa shape index (κ3) is 11.1. The molecule has 0 amide bonds. The summed E-state index contributed by atoms with van der Waals surface area (Å²) in [6.45, 7) is -6.32. The number of rotatable bonds is 9. The Balaban J connectivity index is 1.12. The van der Waals surface area contributed by atoms with Crippen LogP contribution in [-0.4, -0.2) is 311 Å². The minimum Gasteiger partial charge on any atom is -0.467 e. The summed E-state index contributed by atoms with van der Waals surface area (Å²) in [5.74, 6) is 0.210. The second kappa shape index (κ2) is 24.2. The van der Waals surface area contributed by atoms with Gasteiger partial charge in [0.2, 0.25) is 0 Å². The van der Waals surface area contributed by atoms with E-state index in [0.29, 0.717) is 0 Å². The normalized spacial score (nSPS) is 51.7. The molecule has 22 saturated heterocycles. The first-order valence-corrected chi connectivity index (χ1v) is 23.1. The molecule has 17 N–H and O–H groups in total. The molecule has 31 heteroatoms. The van der Waals surface area contributed by atoms with E-state index in [-0.39, 0.29) is 12.4 Å². The van der Waals surface area contributed by atoms with E-state index in [2.05, 4.69) is 0 Å². The lowest BCUT2D eigenvalue weighted by atomic mass is 9.94. The van der Waals surface area contributed by atoms with Crippen molar-refractivity contribution in [2.24, 2.45) is 0 Å². The average Bonchev–Trinajstić information content (AvgIpc) is 3.91. The number of furan rings is 1. The summed E-state index contributed by atoms with van der Waals surface area (Å²) < 4.78 is 80.8. The maximum absolute atomic E-state index is 11.8. The van der Waals surface area contributed by atoms with Crippen molar-refractivity contribution in [1.29, 1.82) is 0 Å². The van der Waals surface area contributed by atoms with Crippen molar-refractivity contribution in [3.05, 3.63) is 24.2 Å². The smallest absolute Gasteiger partial charge is 0.187 e. The Morgan fingerprint density at radius 1 is 0.319 bits per heavy atom. The molecule has 0 spiro atoms. The Bertz CT molecular complexity index is 1790. The lowest BCUT2D eigenvalue weighted by molar-refractivity contribution is -0.405. The maximum atomic E-state index is 11.8. The second-order valence-electron chi connectivity index (χ2n) is 18.2. The van der Waals surface area contributed by atoms with Crippen LogP contribution in [0.4, 0.5) is 0 Å². The number of hydrogen-bond acceptors (Lipinski definition) is 31. The molecule has 22 aliphatic heterocycles. The third-order valence-electron chi connectivity index (χ3n) is 13.6. The largest absolute Gasteiger partial charge is 0.467 e.